The second-order valence-electron chi connectivity index (χ2n) is 3.50. The minimum atomic E-state index is -0.394. The Bertz CT molecular complexity index is 303. The SMILES string of the molecule is Cc1noc(=O)n1C(C)(C)C. The molecule has 1 heterocycles. The van der Waals surface area contributed by atoms with Crippen LogP contribution >= 0.6 is 0 Å². The minimum absolute atomic E-state index is 0.249. The maximum absolute atomic E-state index is 11.0. The van der Waals surface area contributed by atoms with Gasteiger partial charge >= 0.3 is 5.76 Å². The standard InChI is InChI=1S/C7H12N2O2/c1-5-8-11-6(10)9(5)7(2,3)4/h1-4H3. The third-order valence-electron chi connectivity index (χ3n) is 1.43. The quantitative estimate of drug-likeness (QED) is 0.560. The van der Waals surface area contributed by atoms with Crippen LogP contribution in [0.15, 0.2) is 9.32 Å². The first kappa shape index (κ1) is 8.04. The molecule has 0 radical (unpaired) electrons. The van der Waals surface area contributed by atoms with Crippen LogP contribution in [0.4, 0.5) is 0 Å². The number of aryl methyl sites for hydroxylation is 1. The van der Waals surface area contributed by atoms with Crippen LogP contribution in [-0.2, 0) is 5.54 Å². The van der Waals surface area contributed by atoms with Gasteiger partial charge in [0.1, 0.15) is 0 Å². The van der Waals surface area contributed by atoms with Gasteiger partial charge in [0.25, 0.3) is 0 Å². The van der Waals surface area contributed by atoms with Crippen LogP contribution in [-0.4, -0.2) is 9.72 Å². The minimum Gasteiger partial charge on any atom is -0.296 e. The van der Waals surface area contributed by atoms with Gasteiger partial charge in [-0.3, -0.25) is 9.09 Å². The summed E-state index contributed by atoms with van der Waals surface area (Å²) in [4.78, 5) is 11.0. The van der Waals surface area contributed by atoms with Gasteiger partial charge in [-0.25, -0.2) is 4.79 Å². The van der Waals surface area contributed by atoms with E-state index in [0.717, 1.165) is 0 Å². The summed E-state index contributed by atoms with van der Waals surface area (Å²) in [5.74, 6) is 0.220. The van der Waals surface area contributed by atoms with E-state index in [1.165, 1.54) is 4.57 Å². The molecule has 0 amide bonds. The predicted octanol–water partition coefficient (Wildman–Crippen LogP) is 0.900. The van der Waals surface area contributed by atoms with Gasteiger partial charge < -0.3 is 0 Å². The molecule has 0 bridgehead atoms. The Hall–Kier alpha value is -1.06. The van der Waals surface area contributed by atoms with E-state index in [4.69, 9.17) is 0 Å². The Labute approximate surface area is 64.8 Å². The smallest absolute Gasteiger partial charge is 0.296 e. The lowest BCUT2D eigenvalue weighted by Crippen LogP contribution is -2.31. The van der Waals surface area contributed by atoms with Gasteiger partial charge in [0.15, 0.2) is 5.82 Å². The molecule has 0 saturated carbocycles. The first-order chi connectivity index (χ1) is 4.93. The molecule has 4 nitrogen and oxygen atoms in total. The fourth-order valence-corrected chi connectivity index (χ4v) is 1.08. The van der Waals surface area contributed by atoms with Crippen molar-refractivity contribution < 1.29 is 4.52 Å². The average Bonchev–Trinajstić information content (AvgIpc) is 2.08. The van der Waals surface area contributed by atoms with E-state index < -0.39 is 5.76 Å². The zero-order valence-electron chi connectivity index (χ0n) is 7.21. The van der Waals surface area contributed by atoms with Crippen molar-refractivity contribution in [2.45, 2.75) is 33.2 Å². The molecule has 0 aliphatic carbocycles. The highest BCUT2D eigenvalue weighted by atomic mass is 16.5. The largest absolute Gasteiger partial charge is 0.442 e. The van der Waals surface area contributed by atoms with E-state index in [1.807, 2.05) is 20.8 Å². The van der Waals surface area contributed by atoms with Crippen molar-refractivity contribution in [2.75, 3.05) is 0 Å². The molecule has 0 aromatic carbocycles. The third-order valence-corrected chi connectivity index (χ3v) is 1.43. The third kappa shape index (κ3) is 1.34. The highest BCUT2D eigenvalue weighted by Gasteiger charge is 2.19. The van der Waals surface area contributed by atoms with Gasteiger partial charge in [-0.1, -0.05) is 5.16 Å². The second kappa shape index (κ2) is 2.22. The first-order valence-corrected chi connectivity index (χ1v) is 3.49. The summed E-state index contributed by atoms with van der Waals surface area (Å²) in [5, 5.41) is 3.56. The summed E-state index contributed by atoms with van der Waals surface area (Å²) in [6, 6.07) is 0. The molecule has 4 heteroatoms. The van der Waals surface area contributed by atoms with E-state index in [1.54, 1.807) is 6.92 Å². The number of hydrogen-bond acceptors (Lipinski definition) is 3. The molecule has 1 rings (SSSR count). The first-order valence-electron chi connectivity index (χ1n) is 3.49. The molecule has 62 valence electrons. The maximum atomic E-state index is 11.0. The molecule has 0 aliphatic rings. The lowest BCUT2D eigenvalue weighted by atomic mass is 10.1. The number of rotatable bonds is 0. The van der Waals surface area contributed by atoms with E-state index in [2.05, 4.69) is 9.68 Å². The van der Waals surface area contributed by atoms with Crippen molar-refractivity contribution in [3.05, 3.63) is 16.4 Å². The lowest BCUT2D eigenvalue weighted by Gasteiger charge is -2.18. The molecule has 11 heavy (non-hydrogen) atoms. The number of nitrogens with zero attached hydrogens (tertiary/aromatic N) is 2. The van der Waals surface area contributed by atoms with Crippen LogP contribution < -0.4 is 5.76 Å². The average molecular weight is 156 g/mol. The fourth-order valence-electron chi connectivity index (χ4n) is 1.08. The van der Waals surface area contributed by atoms with Crippen LogP contribution in [0.2, 0.25) is 0 Å². The predicted molar refractivity (Wildman–Crippen MR) is 40.5 cm³/mol. The Morgan fingerprint density at radius 1 is 1.45 bits per heavy atom. The number of hydrogen-bond donors (Lipinski definition) is 0. The molecule has 0 unspecified atom stereocenters. The molecule has 0 spiro atoms. The van der Waals surface area contributed by atoms with E-state index in [-0.39, 0.29) is 5.54 Å². The molecule has 1 aromatic heterocycles. The van der Waals surface area contributed by atoms with Gasteiger partial charge in [0.2, 0.25) is 0 Å². The van der Waals surface area contributed by atoms with Crippen molar-refractivity contribution in [1.29, 1.82) is 0 Å². The molecule has 0 atom stereocenters. The Kier molecular flexibility index (Phi) is 1.62. The van der Waals surface area contributed by atoms with Gasteiger partial charge in [-0.2, -0.15) is 0 Å². The van der Waals surface area contributed by atoms with E-state index in [0.29, 0.717) is 5.82 Å². The summed E-state index contributed by atoms with van der Waals surface area (Å²) in [6.45, 7) is 7.53. The Morgan fingerprint density at radius 2 is 2.00 bits per heavy atom. The van der Waals surface area contributed by atoms with Crippen molar-refractivity contribution >= 4 is 0 Å². The lowest BCUT2D eigenvalue weighted by molar-refractivity contribution is 0.329. The van der Waals surface area contributed by atoms with Crippen molar-refractivity contribution in [3.63, 3.8) is 0 Å². The highest BCUT2D eigenvalue weighted by Crippen LogP contribution is 2.11. The monoisotopic (exact) mass is 156 g/mol. The zero-order valence-corrected chi connectivity index (χ0v) is 7.21. The summed E-state index contributed by atoms with van der Waals surface area (Å²) in [7, 11) is 0. The normalized spacial score (nSPS) is 12.0. The van der Waals surface area contributed by atoms with Crippen LogP contribution in [0, 0.1) is 6.92 Å². The summed E-state index contributed by atoms with van der Waals surface area (Å²) >= 11 is 0. The number of aromatic nitrogens is 2. The second-order valence-corrected chi connectivity index (χ2v) is 3.50. The Balaban J connectivity index is 3.33. The van der Waals surface area contributed by atoms with E-state index in [9.17, 15) is 4.79 Å². The summed E-state index contributed by atoms with van der Waals surface area (Å²) in [5.41, 5.74) is -0.249. The van der Waals surface area contributed by atoms with Crippen molar-refractivity contribution in [1.82, 2.24) is 9.72 Å². The molecule has 0 fully saturated rings. The topological polar surface area (TPSA) is 48.0 Å². The molecule has 0 saturated heterocycles. The van der Waals surface area contributed by atoms with E-state index >= 15 is 0 Å². The van der Waals surface area contributed by atoms with Crippen molar-refractivity contribution in [2.24, 2.45) is 0 Å². The zero-order chi connectivity index (χ0) is 8.65. The van der Waals surface area contributed by atoms with Gasteiger partial charge in [0, 0.05) is 5.54 Å². The molecular weight excluding hydrogens is 144 g/mol. The summed E-state index contributed by atoms with van der Waals surface area (Å²) in [6.07, 6.45) is 0. The highest BCUT2D eigenvalue weighted by molar-refractivity contribution is 4.86. The molecular formula is C7H12N2O2. The molecule has 0 N–H and O–H groups in total. The Morgan fingerprint density at radius 3 is 2.18 bits per heavy atom. The van der Waals surface area contributed by atoms with Crippen molar-refractivity contribution in [3.8, 4) is 0 Å². The molecule has 1 aromatic rings. The summed E-state index contributed by atoms with van der Waals surface area (Å²) < 4.78 is 6.00. The van der Waals surface area contributed by atoms with Crippen LogP contribution in [0.5, 0.6) is 0 Å². The van der Waals surface area contributed by atoms with Crippen LogP contribution in [0.3, 0.4) is 0 Å². The van der Waals surface area contributed by atoms with Crippen LogP contribution in [0.1, 0.15) is 26.6 Å². The van der Waals surface area contributed by atoms with Crippen LogP contribution in [0.25, 0.3) is 0 Å². The van der Waals surface area contributed by atoms with Gasteiger partial charge in [-0.15, -0.1) is 0 Å². The molecule has 0 aliphatic heterocycles. The van der Waals surface area contributed by atoms with Gasteiger partial charge in [-0.05, 0) is 27.7 Å². The van der Waals surface area contributed by atoms with Gasteiger partial charge in [0.05, 0.1) is 0 Å². The maximum Gasteiger partial charge on any atom is 0.442 e. The fraction of sp³-hybridized carbons (Fsp3) is 0.714.